The van der Waals surface area contributed by atoms with Crippen LogP contribution >= 0.6 is 15.9 Å². The molecule has 1 N–H and O–H groups in total. The van der Waals surface area contributed by atoms with Crippen LogP contribution in [-0.2, 0) is 11.3 Å². The maximum atomic E-state index is 10.1. The molecular weight excluding hydrogens is 246 g/mol. The number of halogens is 1. The van der Waals surface area contributed by atoms with Gasteiger partial charge in [0.1, 0.15) is 12.0 Å². The highest BCUT2D eigenvalue weighted by atomic mass is 79.9. The van der Waals surface area contributed by atoms with Crippen molar-refractivity contribution < 1.29 is 9.53 Å². The standard InChI is InChI=1S/C10H12BrNO2/c1-14-10-3-2-8(6-9(10)11)7-12-4-5-13/h2-3,5-6,12H,4,7H2,1H3. The molecule has 3 nitrogen and oxygen atoms in total. The molecule has 0 radical (unpaired) electrons. The minimum absolute atomic E-state index is 0.379. The van der Waals surface area contributed by atoms with Crippen LogP contribution in [0.25, 0.3) is 0 Å². The molecule has 0 atom stereocenters. The SMILES string of the molecule is COc1ccc(CNCC=O)cc1Br. The van der Waals surface area contributed by atoms with E-state index in [9.17, 15) is 4.79 Å². The number of hydrogen-bond acceptors (Lipinski definition) is 3. The van der Waals surface area contributed by atoms with E-state index in [1.807, 2.05) is 18.2 Å². The number of benzene rings is 1. The second-order valence-corrected chi connectivity index (χ2v) is 3.62. The Morgan fingerprint density at radius 1 is 1.57 bits per heavy atom. The van der Waals surface area contributed by atoms with Crippen molar-refractivity contribution in [2.45, 2.75) is 6.54 Å². The summed E-state index contributed by atoms with van der Waals surface area (Å²) in [4.78, 5) is 10.1. The van der Waals surface area contributed by atoms with E-state index in [2.05, 4.69) is 21.2 Å². The molecule has 0 amide bonds. The van der Waals surface area contributed by atoms with Crippen LogP contribution in [0.1, 0.15) is 5.56 Å². The fourth-order valence-electron chi connectivity index (χ4n) is 1.10. The van der Waals surface area contributed by atoms with Gasteiger partial charge in [0.25, 0.3) is 0 Å². The molecule has 0 spiro atoms. The lowest BCUT2D eigenvalue weighted by atomic mass is 10.2. The van der Waals surface area contributed by atoms with E-state index in [0.717, 1.165) is 22.1 Å². The number of rotatable bonds is 5. The number of ether oxygens (including phenoxy) is 1. The van der Waals surface area contributed by atoms with Gasteiger partial charge in [-0.15, -0.1) is 0 Å². The summed E-state index contributed by atoms with van der Waals surface area (Å²) in [6.07, 6.45) is 0.846. The molecule has 0 bridgehead atoms. The zero-order valence-corrected chi connectivity index (χ0v) is 9.50. The van der Waals surface area contributed by atoms with Crippen molar-refractivity contribution in [2.24, 2.45) is 0 Å². The highest BCUT2D eigenvalue weighted by molar-refractivity contribution is 9.10. The summed E-state index contributed by atoms with van der Waals surface area (Å²) in [6.45, 7) is 1.06. The van der Waals surface area contributed by atoms with Crippen molar-refractivity contribution in [3.63, 3.8) is 0 Å². The smallest absolute Gasteiger partial charge is 0.133 e. The number of carbonyl (C=O) groups is 1. The monoisotopic (exact) mass is 257 g/mol. The largest absolute Gasteiger partial charge is 0.496 e. The first kappa shape index (κ1) is 11.2. The Bertz CT molecular complexity index is 315. The van der Waals surface area contributed by atoms with E-state index < -0.39 is 0 Å². The van der Waals surface area contributed by atoms with Gasteiger partial charge in [0.15, 0.2) is 0 Å². The van der Waals surface area contributed by atoms with Gasteiger partial charge in [-0.1, -0.05) is 6.07 Å². The lowest BCUT2D eigenvalue weighted by Crippen LogP contribution is -2.15. The molecule has 0 saturated carbocycles. The van der Waals surface area contributed by atoms with E-state index in [1.54, 1.807) is 7.11 Å². The second kappa shape index (κ2) is 5.78. The molecule has 0 saturated heterocycles. The molecule has 1 aromatic carbocycles. The van der Waals surface area contributed by atoms with E-state index in [4.69, 9.17) is 4.74 Å². The van der Waals surface area contributed by atoms with Crippen molar-refractivity contribution in [1.82, 2.24) is 5.32 Å². The lowest BCUT2D eigenvalue weighted by molar-refractivity contribution is -0.107. The third-order valence-corrected chi connectivity index (χ3v) is 2.39. The number of methoxy groups -OCH3 is 1. The number of carbonyl (C=O) groups excluding carboxylic acids is 1. The molecule has 0 aromatic heterocycles. The summed E-state index contributed by atoms with van der Waals surface area (Å²) in [7, 11) is 1.63. The van der Waals surface area contributed by atoms with Gasteiger partial charge in [-0.25, -0.2) is 0 Å². The zero-order chi connectivity index (χ0) is 10.4. The number of aldehydes is 1. The molecule has 0 aliphatic rings. The van der Waals surface area contributed by atoms with E-state index in [1.165, 1.54) is 0 Å². The summed E-state index contributed by atoms with van der Waals surface area (Å²) in [5.41, 5.74) is 1.11. The molecule has 0 fully saturated rings. The van der Waals surface area contributed by atoms with Crippen LogP contribution in [0, 0.1) is 0 Å². The Morgan fingerprint density at radius 2 is 2.36 bits per heavy atom. The Balaban J connectivity index is 2.61. The Hall–Kier alpha value is -0.870. The Kier molecular flexibility index (Phi) is 4.62. The second-order valence-electron chi connectivity index (χ2n) is 2.77. The molecule has 0 unspecified atom stereocenters. The van der Waals surface area contributed by atoms with Crippen molar-refractivity contribution in [2.75, 3.05) is 13.7 Å². The maximum absolute atomic E-state index is 10.1. The summed E-state index contributed by atoms with van der Waals surface area (Å²) < 4.78 is 6.02. The van der Waals surface area contributed by atoms with Crippen LogP contribution in [0.15, 0.2) is 22.7 Å². The third kappa shape index (κ3) is 3.12. The first-order valence-corrected chi connectivity index (χ1v) is 5.04. The first-order chi connectivity index (χ1) is 6.77. The summed E-state index contributed by atoms with van der Waals surface area (Å²) in [5.74, 6) is 0.809. The van der Waals surface area contributed by atoms with Crippen molar-refractivity contribution in [1.29, 1.82) is 0 Å². The maximum Gasteiger partial charge on any atom is 0.133 e. The minimum atomic E-state index is 0.379. The zero-order valence-electron chi connectivity index (χ0n) is 7.92. The van der Waals surface area contributed by atoms with Crippen LogP contribution in [0.2, 0.25) is 0 Å². The predicted molar refractivity (Wildman–Crippen MR) is 58.5 cm³/mol. The summed E-state index contributed by atoms with van der Waals surface area (Å²) >= 11 is 3.39. The van der Waals surface area contributed by atoms with Gasteiger partial charge in [0, 0.05) is 6.54 Å². The highest BCUT2D eigenvalue weighted by Crippen LogP contribution is 2.25. The molecule has 0 heterocycles. The summed E-state index contributed by atoms with van der Waals surface area (Å²) in [5, 5.41) is 2.99. The average molecular weight is 258 g/mol. The lowest BCUT2D eigenvalue weighted by Gasteiger charge is -2.06. The van der Waals surface area contributed by atoms with Crippen LogP contribution in [0.4, 0.5) is 0 Å². The molecule has 0 aliphatic heterocycles. The van der Waals surface area contributed by atoms with Gasteiger partial charge in [-0.3, -0.25) is 0 Å². The van der Waals surface area contributed by atoms with Gasteiger partial charge >= 0.3 is 0 Å². The molecule has 14 heavy (non-hydrogen) atoms. The van der Waals surface area contributed by atoms with Crippen LogP contribution in [0.3, 0.4) is 0 Å². The van der Waals surface area contributed by atoms with Crippen molar-refractivity contribution in [3.05, 3.63) is 28.2 Å². The quantitative estimate of drug-likeness (QED) is 0.645. The van der Waals surface area contributed by atoms with Gasteiger partial charge in [0.05, 0.1) is 18.1 Å². The molecular formula is C10H12BrNO2. The van der Waals surface area contributed by atoms with Crippen LogP contribution in [-0.4, -0.2) is 19.9 Å². The Morgan fingerprint density at radius 3 is 2.93 bits per heavy atom. The molecule has 1 rings (SSSR count). The van der Waals surface area contributed by atoms with Gasteiger partial charge < -0.3 is 14.8 Å². The van der Waals surface area contributed by atoms with Crippen molar-refractivity contribution >= 4 is 22.2 Å². The fourth-order valence-corrected chi connectivity index (χ4v) is 1.68. The predicted octanol–water partition coefficient (Wildman–Crippen LogP) is 1.75. The number of nitrogens with one attached hydrogen (secondary N) is 1. The van der Waals surface area contributed by atoms with E-state index >= 15 is 0 Å². The van der Waals surface area contributed by atoms with Gasteiger partial charge in [-0.2, -0.15) is 0 Å². The molecule has 0 aliphatic carbocycles. The van der Waals surface area contributed by atoms with Crippen molar-refractivity contribution in [3.8, 4) is 5.75 Å². The van der Waals surface area contributed by atoms with Crippen LogP contribution < -0.4 is 10.1 Å². The van der Waals surface area contributed by atoms with Gasteiger partial charge in [-0.05, 0) is 33.6 Å². The highest BCUT2D eigenvalue weighted by Gasteiger charge is 2.00. The molecule has 4 heteroatoms. The fraction of sp³-hybridized carbons (Fsp3) is 0.300. The molecule has 1 aromatic rings. The summed E-state index contributed by atoms with van der Waals surface area (Å²) in [6, 6.07) is 5.82. The first-order valence-electron chi connectivity index (χ1n) is 4.24. The normalized spacial score (nSPS) is 9.86. The van der Waals surface area contributed by atoms with Crippen LogP contribution in [0.5, 0.6) is 5.75 Å². The van der Waals surface area contributed by atoms with E-state index in [-0.39, 0.29) is 0 Å². The third-order valence-electron chi connectivity index (χ3n) is 1.77. The molecule has 76 valence electrons. The Labute approximate surface area is 91.6 Å². The van der Waals surface area contributed by atoms with E-state index in [0.29, 0.717) is 13.1 Å². The topological polar surface area (TPSA) is 38.3 Å². The average Bonchev–Trinajstić information content (AvgIpc) is 2.18. The minimum Gasteiger partial charge on any atom is -0.496 e. The number of hydrogen-bond donors (Lipinski definition) is 1. The van der Waals surface area contributed by atoms with Gasteiger partial charge in [0.2, 0.25) is 0 Å².